The molecule has 0 saturated carbocycles. The van der Waals surface area contributed by atoms with Crippen LogP contribution in [0.1, 0.15) is 175 Å². The van der Waals surface area contributed by atoms with Gasteiger partial charge < -0.3 is 0 Å². The molecule has 1 unspecified atom stereocenters. The van der Waals surface area contributed by atoms with Crippen LogP contribution in [-0.2, 0) is 0 Å². The Kier molecular flexibility index (Phi) is 46.4. The topological polar surface area (TPSA) is 0 Å². The Hall–Kier alpha value is -1.30. The zero-order valence-corrected chi connectivity index (χ0v) is 27.0. The van der Waals surface area contributed by atoms with Crippen LogP contribution in [0.5, 0.6) is 0 Å². The number of rotatable bonds is 20. The molecule has 1 atom stereocenters. The summed E-state index contributed by atoms with van der Waals surface area (Å²) in [5, 5.41) is 0. The van der Waals surface area contributed by atoms with E-state index >= 15 is 0 Å². The summed E-state index contributed by atoms with van der Waals surface area (Å²) in [7, 11) is 0. The van der Waals surface area contributed by atoms with E-state index in [1.165, 1.54) is 148 Å². The second kappa shape index (κ2) is 42.8. The number of allylic oxidation sites excluding steroid dienone is 7. The predicted octanol–water partition coefficient (Wildman–Crippen LogP) is 14.3. The minimum Gasteiger partial charge on any atom is -0.103 e. The lowest BCUT2D eigenvalue weighted by Gasteiger charge is -2.09. The van der Waals surface area contributed by atoms with Gasteiger partial charge in [-0.2, -0.15) is 0 Å². The number of hydrogen-bond donors (Lipinski definition) is 0. The molecule has 1 aliphatic rings. The quantitative estimate of drug-likeness (QED) is 0.0837. The summed E-state index contributed by atoms with van der Waals surface area (Å²) in [5.74, 6) is 0.916. The molecule has 0 heteroatoms. The van der Waals surface area contributed by atoms with Gasteiger partial charge in [-0.25, -0.2) is 0 Å². The summed E-state index contributed by atoms with van der Waals surface area (Å²) in [6.45, 7) is 19.8. The van der Waals surface area contributed by atoms with Crippen molar-refractivity contribution in [2.45, 2.75) is 175 Å². The van der Waals surface area contributed by atoms with Gasteiger partial charge >= 0.3 is 0 Å². The number of unbranched alkanes of at least 4 members (excludes halogenated alkanes) is 14. The average molecular weight is 529 g/mol. The monoisotopic (exact) mass is 529 g/mol. The van der Waals surface area contributed by atoms with Crippen molar-refractivity contribution in [1.29, 1.82) is 0 Å². The van der Waals surface area contributed by atoms with Gasteiger partial charge in [-0.15, -0.1) is 13.2 Å². The number of hydrogen-bond acceptors (Lipinski definition) is 0. The van der Waals surface area contributed by atoms with Gasteiger partial charge in [-0.3, -0.25) is 0 Å². The zero-order valence-electron chi connectivity index (χ0n) is 27.0. The van der Waals surface area contributed by atoms with Crippen molar-refractivity contribution in [2.75, 3.05) is 0 Å². The minimum absolute atomic E-state index is 0.916. The molecule has 0 heterocycles. The summed E-state index contributed by atoms with van der Waals surface area (Å²) in [5.41, 5.74) is 0. The summed E-state index contributed by atoms with van der Waals surface area (Å²) in [4.78, 5) is 0. The molecule has 0 saturated heterocycles. The van der Waals surface area contributed by atoms with Gasteiger partial charge in [0.25, 0.3) is 0 Å². The van der Waals surface area contributed by atoms with Crippen LogP contribution in [0.4, 0.5) is 0 Å². The molecule has 0 aromatic carbocycles. The fourth-order valence-corrected chi connectivity index (χ4v) is 4.25. The largest absolute Gasteiger partial charge is 0.103 e. The molecule has 0 fully saturated rings. The molecular weight excluding hydrogens is 456 g/mol. The van der Waals surface area contributed by atoms with Crippen molar-refractivity contribution >= 4 is 0 Å². The third-order valence-corrected chi connectivity index (χ3v) is 6.80. The summed E-state index contributed by atoms with van der Waals surface area (Å²) in [6, 6.07) is 0. The second-order valence-corrected chi connectivity index (χ2v) is 10.8. The van der Waals surface area contributed by atoms with Gasteiger partial charge in [0, 0.05) is 0 Å². The first-order chi connectivity index (χ1) is 18.7. The van der Waals surface area contributed by atoms with Gasteiger partial charge in [0.05, 0.1) is 0 Å². The van der Waals surface area contributed by atoms with Gasteiger partial charge in [-0.1, -0.05) is 167 Å². The van der Waals surface area contributed by atoms with E-state index in [9.17, 15) is 0 Å². The highest BCUT2D eigenvalue weighted by Gasteiger charge is 2.06. The molecule has 0 radical (unpaired) electrons. The maximum atomic E-state index is 3.66. The molecule has 0 bridgehead atoms. The van der Waals surface area contributed by atoms with Gasteiger partial charge in [-0.05, 0) is 63.7 Å². The molecule has 0 aliphatic heterocycles. The van der Waals surface area contributed by atoms with Crippen molar-refractivity contribution in [1.82, 2.24) is 0 Å². The van der Waals surface area contributed by atoms with E-state index in [0.717, 1.165) is 5.92 Å². The second-order valence-electron chi connectivity index (χ2n) is 10.8. The fourth-order valence-electron chi connectivity index (χ4n) is 4.25. The Morgan fingerprint density at radius 3 is 1.68 bits per heavy atom. The molecule has 1 rings (SSSR count). The SMILES string of the molecule is C=CC=CCCCCCCC.C=CCCCC.C=CCCCCCC.CCCCCCC1C=CCCCC1. The van der Waals surface area contributed by atoms with E-state index in [1.54, 1.807) is 0 Å². The van der Waals surface area contributed by atoms with Crippen LogP contribution in [0, 0.1) is 5.92 Å². The molecule has 0 nitrogen and oxygen atoms in total. The van der Waals surface area contributed by atoms with Crippen LogP contribution in [0.25, 0.3) is 0 Å². The van der Waals surface area contributed by atoms with Crippen LogP contribution in [0.15, 0.2) is 62.3 Å². The molecule has 1 aliphatic carbocycles. The Morgan fingerprint density at radius 2 is 1.13 bits per heavy atom. The van der Waals surface area contributed by atoms with E-state index in [0.29, 0.717) is 0 Å². The first-order valence-corrected chi connectivity index (χ1v) is 16.8. The third kappa shape index (κ3) is 44.7. The van der Waals surface area contributed by atoms with Crippen molar-refractivity contribution in [3.8, 4) is 0 Å². The lowest BCUT2D eigenvalue weighted by Crippen LogP contribution is -1.95. The highest BCUT2D eigenvalue weighted by Crippen LogP contribution is 2.22. The third-order valence-electron chi connectivity index (χ3n) is 6.80. The molecule has 0 aromatic heterocycles. The maximum Gasteiger partial charge on any atom is -0.0234 e. The molecule has 0 aromatic rings. The highest BCUT2D eigenvalue weighted by molar-refractivity contribution is 4.96. The van der Waals surface area contributed by atoms with Crippen LogP contribution in [-0.4, -0.2) is 0 Å². The normalized spacial score (nSPS) is 14.2. The van der Waals surface area contributed by atoms with Gasteiger partial charge in [0.2, 0.25) is 0 Å². The lowest BCUT2D eigenvalue weighted by atomic mass is 9.96. The minimum atomic E-state index is 0.916. The Labute approximate surface area is 243 Å². The Morgan fingerprint density at radius 1 is 0.605 bits per heavy atom. The standard InChI is InChI=1S/C13H24.C11H20.C8H16.C6H12/c1-2-3-4-7-10-13-11-8-5-6-9-12-13;1-3-5-7-9-11-10-8-6-4-2;1-3-5-7-8-6-4-2;1-3-5-6-4-2/h8,11,13H,2-7,9-10,12H2,1H3;3,5,7H,1,4,6,8-11H2,2H3;3H,1,4-8H2,2H3;3H,1,4-6H2,2H3. The van der Waals surface area contributed by atoms with Crippen LogP contribution in [0.2, 0.25) is 0 Å². The van der Waals surface area contributed by atoms with Crippen LogP contribution in [0.3, 0.4) is 0 Å². The van der Waals surface area contributed by atoms with Crippen molar-refractivity contribution < 1.29 is 0 Å². The van der Waals surface area contributed by atoms with E-state index in [4.69, 9.17) is 0 Å². The van der Waals surface area contributed by atoms with E-state index < -0.39 is 0 Å². The lowest BCUT2D eigenvalue weighted by molar-refractivity contribution is 0.489. The van der Waals surface area contributed by atoms with Crippen LogP contribution >= 0.6 is 0 Å². The van der Waals surface area contributed by atoms with Gasteiger partial charge in [0.1, 0.15) is 0 Å². The van der Waals surface area contributed by atoms with E-state index in [-0.39, 0.29) is 0 Å². The van der Waals surface area contributed by atoms with E-state index in [2.05, 4.69) is 65.7 Å². The Bertz CT molecular complexity index is 480. The average Bonchev–Trinajstić information content (AvgIpc) is 3.22. The molecule has 0 amide bonds. The van der Waals surface area contributed by atoms with E-state index in [1.807, 2.05) is 24.3 Å². The first-order valence-electron chi connectivity index (χ1n) is 16.8. The fraction of sp³-hybridized carbons (Fsp3) is 0.737. The summed E-state index contributed by atoms with van der Waals surface area (Å²) < 4.78 is 0. The molecule has 38 heavy (non-hydrogen) atoms. The molecular formula is C38H72. The zero-order chi connectivity index (χ0) is 28.8. The first kappa shape index (κ1) is 41.2. The summed E-state index contributed by atoms with van der Waals surface area (Å²) in [6.07, 6.45) is 46.1. The molecule has 224 valence electrons. The van der Waals surface area contributed by atoms with Crippen LogP contribution < -0.4 is 0 Å². The highest BCUT2D eigenvalue weighted by atomic mass is 14.1. The van der Waals surface area contributed by atoms with Gasteiger partial charge in [0.15, 0.2) is 0 Å². The Balaban J connectivity index is -0.000000448. The smallest absolute Gasteiger partial charge is 0.0234 e. The maximum absolute atomic E-state index is 3.66. The van der Waals surface area contributed by atoms with Crippen molar-refractivity contribution in [2.24, 2.45) is 5.92 Å². The molecule has 0 N–H and O–H groups in total. The molecule has 0 spiro atoms. The summed E-state index contributed by atoms with van der Waals surface area (Å²) >= 11 is 0. The van der Waals surface area contributed by atoms with Crippen molar-refractivity contribution in [3.63, 3.8) is 0 Å². The van der Waals surface area contributed by atoms with Crippen molar-refractivity contribution in [3.05, 3.63) is 62.3 Å². The predicted molar refractivity (Wildman–Crippen MR) is 181 cm³/mol.